The van der Waals surface area contributed by atoms with Crippen LogP contribution in [0.1, 0.15) is 45.4 Å². The van der Waals surface area contributed by atoms with Crippen LogP contribution >= 0.6 is 0 Å². The Balaban J connectivity index is 1.52. The summed E-state index contributed by atoms with van der Waals surface area (Å²) in [5, 5.41) is 0. The average Bonchev–Trinajstić information content (AvgIpc) is 2.95. The Morgan fingerprint density at radius 3 is 2.72 bits per heavy atom. The van der Waals surface area contributed by atoms with Crippen molar-refractivity contribution in [2.45, 2.75) is 52.0 Å². The number of likely N-dealkylation sites (tertiary alicyclic amines) is 1. The molecule has 1 saturated heterocycles. The maximum absolute atomic E-state index is 12.1. The summed E-state index contributed by atoms with van der Waals surface area (Å²) in [5.41, 5.74) is 1.45. The van der Waals surface area contributed by atoms with Crippen molar-refractivity contribution in [2.24, 2.45) is 5.92 Å². The van der Waals surface area contributed by atoms with Gasteiger partial charge in [0.05, 0.1) is 12.6 Å². The van der Waals surface area contributed by atoms with Crippen LogP contribution in [0.15, 0.2) is 27.4 Å². The minimum absolute atomic E-state index is 0.276. The molecule has 1 aromatic heterocycles. The Hall–Kier alpha value is -1.75. The van der Waals surface area contributed by atoms with E-state index in [1.807, 2.05) is 12.1 Å². The fourth-order valence-corrected chi connectivity index (χ4v) is 3.82. The minimum atomic E-state index is -0.276. The molecule has 0 bridgehead atoms. The number of aromatic nitrogens is 1. The Labute approximate surface area is 149 Å². The number of ether oxygens (including phenoxy) is 1. The van der Waals surface area contributed by atoms with Crippen LogP contribution in [0.2, 0.25) is 0 Å². The van der Waals surface area contributed by atoms with Crippen LogP contribution in [-0.2, 0) is 6.54 Å². The summed E-state index contributed by atoms with van der Waals surface area (Å²) in [7, 11) is 1.63. The highest BCUT2D eigenvalue weighted by molar-refractivity contribution is 5.74. The highest BCUT2D eigenvalue weighted by Gasteiger charge is 2.18. The van der Waals surface area contributed by atoms with Crippen LogP contribution in [0.5, 0.6) is 5.75 Å². The molecule has 1 aliphatic rings. The lowest BCUT2D eigenvalue weighted by Gasteiger charge is -2.31. The molecule has 1 aliphatic heterocycles. The number of benzene rings is 1. The van der Waals surface area contributed by atoms with E-state index in [0.29, 0.717) is 12.1 Å². The molecule has 1 aromatic carbocycles. The first-order valence-electron chi connectivity index (χ1n) is 9.61. The van der Waals surface area contributed by atoms with Crippen molar-refractivity contribution in [3.63, 3.8) is 0 Å². The zero-order chi connectivity index (χ0) is 17.6. The van der Waals surface area contributed by atoms with E-state index in [4.69, 9.17) is 9.15 Å². The molecule has 5 nitrogen and oxygen atoms in total. The molecule has 0 atom stereocenters. The van der Waals surface area contributed by atoms with E-state index < -0.39 is 0 Å². The molecule has 138 valence electrons. The smallest absolute Gasteiger partial charge is 0.419 e. The molecule has 2 aromatic rings. The number of aryl methyl sites for hydroxylation is 1. The molecule has 0 saturated carbocycles. The van der Waals surface area contributed by atoms with Crippen molar-refractivity contribution >= 4 is 11.1 Å². The molecule has 0 amide bonds. The van der Waals surface area contributed by atoms with Gasteiger partial charge in [-0.2, -0.15) is 0 Å². The van der Waals surface area contributed by atoms with Gasteiger partial charge in [-0.3, -0.25) is 4.57 Å². The third kappa shape index (κ3) is 4.46. The van der Waals surface area contributed by atoms with Gasteiger partial charge < -0.3 is 14.1 Å². The Kier molecular flexibility index (Phi) is 6.19. The minimum Gasteiger partial charge on any atom is -0.497 e. The van der Waals surface area contributed by atoms with E-state index in [0.717, 1.165) is 30.1 Å². The lowest BCUT2D eigenvalue weighted by molar-refractivity contribution is 0.173. The maximum Gasteiger partial charge on any atom is 0.419 e. The van der Waals surface area contributed by atoms with Crippen molar-refractivity contribution in [1.82, 2.24) is 9.47 Å². The lowest BCUT2D eigenvalue weighted by Crippen LogP contribution is -2.35. The van der Waals surface area contributed by atoms with Crippen LogP contribution in [0.3, 0.4) is 0 Å². The second kappa shape index (κ2) is 8.56. The molecule has 5 heteroatoms. The van der Waals surface area contributed by atoms with E-state index in [1.165, 1.54) is 45.2 Å². The second-order valence-corrected chi connectivity index (χ2v) is 7.13. The molecule has 1 fully saturated rings. The number of nitrogens with zero attached hydrogens (tertiary/aromatic N) is 2. The summed E-state index contributed by atoms with van der Waals surface area (Å²) in [5.74, 6) is 1.39. The molecular weight excluding hydrogens is 316 g/mol. The summed E-state index contributed by atoms with van der Waals surface area (Å²) in [6.45, 7) is 6.40. The van der Waals surface area contributed by atoms with Crippen LogP contribution in [0, 0.1) is 5.92 Å². The number of hydrogen-bond acceptors (Lipinski definition) is 4. The largest absolute Gasteiger partial charge is 0.497 e. The van der Waals surface area contributed by atoms with Crippen molar-refractivity contribution in [2.75, 3.05) is 26.7 Å². The van der Waals surface area contributed by atoms with Gasteiger partial charge >= 0.3 is 5.76 Å². The molecule has 2 heterocycles. The van der Waals surface area contributed by atoms with Crippen LogP contribution in [0.25, 0.3) is 11.1 Å². The molecule has 25 heavy (non-hydrogen) atoms. The third-order valence-electron chi connectivity index (χ3n) is 5.40. The predicted molar refractivity (Wildman–Crippen MR) is 100 cm³/mol. The van der Waals surface area contributed by atoms with Gasteiger partial charge in [0.25, 0.3) is 0 Å². The first-order valence-corrected chi connectivity index (χ1v) is 9.61. The second-order valence-electron chi connectivity index (χ2n) is 7.13. The number of unbranched alkanes of at least 4 members (excludes halogenated alkanes) is 1. The van der Waals surface area contributed by atoms with Gasteiger partial charge in [-0.25, -0.2) is 4.79 Å². The predicted octanol–water partition coefficient (Wildman–Crippen LogP) is 3.90. The molecule has 0 N–H and O–H groups in total. The van der Waals surface area contributed by atoms with Gasteiger partial charge in [-0.15, -0.1) is 0 Å². The number of rotatable bonds is 8. The van der Waals surface area contributed by atoms with Crippen LogP contribution < -0.4 is 10.5 Å². The van der Waals surface area contributed by atoms with E-state index in [2.05, 4.69) is 11.8 Å². The summed E-state index contributed by atoms with van der Waals surface area (Å²) in [6, 6.07) is 5.49. The fraction of sp³-hybridized carbons (Fsp3) is 0.650. The molecule has 0 unspecified atom stereocenters. The zero-order valence-corrected chi connectivity index (χ0v) is 15.5. The quantitative estimate of drug-likeness (QED) is 0.727. The van der Waals surface area contributed by atoms with E-state index >= 15 is 0 Å². The zero-order valence-electron chi connectivity index (χ0n) is 15.5. The fourth-order valence-electron chi connectivity index (χ4n) is 3.82. The van der Waals surface area contributed by atoms with Gasteiger partial charge in [0.1, 0.15) is 5.75 Å². The number of piperidine rings is 1. The van der Waals surface area contributed by atoms with Crippen LogP contribution in [-0.4, -0.2) is 36.2 Å². The highest BCUT2D eigenvalue weighted by Crippen LogP contribution is 2.23. The Morgan fingerprint density at radius 2 is 2.00 bits per heavy atom. The SMILES string of the molecule is CCCCC1CCN(CCCn2c(=O)oc3ccc(OC)cc32)CC1. The molecule has 0 spiro atoms. The van der Waals surface area contributed by atoms with Gasteiger partial charge in [-0.1, -0.05) is 26.2 Å². The summed E-state index contributed by atoms with van der Waals surface area (Å²) < 4.78 is 12.3. The number of hydrogen-bond donors (Lipinski definition) is 0. The van der Waals surface area contributed by atoms with Crippen molar-refractivity contribution in [3.05, 3.63) is 28.7 Å². The monoisotopic (exact) mass is 346 g/mol. The van der Waals surface area contributed by atoms with Crippen molar-refractivity contribution in [1.29, 1.82) is 0 Å². The van der Waals surface area contributed by atoms with Gasteiger partial charge in [0.2, 0.25) is 0 Å². The van der Waals surface area contributed by atoms with Crippen molar-refractivity contribution < 1.29 is 9.15 Å². The normalized spacial score (nSPS) is 16.6. The summed E-state index contributed by atoms with van der Waals surface area (Å²) >= 11 is 0. The first kappa shape index (κ1) is 18.1. The van der Waals surface area contributed by atoms with Crippen LogP contribution in [0.4, 0.5) is 0 Å². The highest BCUT2D eigenvalue weighted by atomic mass is 16.5. The molecular formula is C20H30N2O3. The van der Waals surface area contributed by atoms with Gasteiger partial charge in [0, 0.05) is 12.6 Å². The standard InChI is InChI=1S/C20H30N2O3/c1-3-4-6-16-9-13-21(14-10-16)11-5-12-22-18-15-17(24-2)7-8-19(18)25-20(22)23/h7-8,15-16H,3-6,9-14H2,1-2H3. The third-order valence-corrected chi connectivity index (χ3v) is 5.40. The van der Waals surface area contributed by atoms with E-state index in [9.17, 15) is 4.79 Å². The molecule has 0 aliphatic carbocycles. The summed E-state index contributed by atoms with van der Waals surface area (Å²) in [4.78, 5) is 14.6. The number of fused-ring (bicyclic) bond motifs is 1. The average molecular weight is 346 g/mol. The lowest BCUT2D eigenvalue weighted by atomic mass is 9.91. The van der Waals surface area contributed by atoms with Crippen molar-refractivity contribution in [3.8, 4) is 5.75 Å². The van der Waals surface area contributed by atoms with E-state index in [1.54, 1.807) is 17.7 Å². The Bertz CT molecular complexity index is 726. The molecule has 0 radical (unpaired) electrons. The Morgan fingerprint density at radius 1 is 1.20 bits per heavy atom. The number of methoxy groups -OCH3 is 1. The van der Waals surface area contributed by atoms with Gasteiger partial charge in [-0.05, 0) is 56.9 Å². The first-order chi connectivity index (χ1) is 12.2. The maximum atomic E-state index is 12.1. The van der Waals surface area contributed by atoms with Gasteiger partial charge in [0.15, 0.2) is 5.58 Å². The molecule has 3 rings (SSSR count). The summed E-state index contributed by atoms with van der Waals surface area (Å²) in [6.07, 6.45) is 7.68. The number of oxazole rings is 1. The topological polar surface area (TPSA) is 47.6 Å². The van der Waals surface area contributed by atoms with E-state index in [-0.39, 0.29) is 5.76 Å².